The molecule has 2 fully saturated rings. The molecular formula is C34H33FN4O4. The van der Waals surface area contributed by atoms with E-state index in [1.165, 1.54) is 36.6 Å². The highest BCUT2D eigenvalue weighted by molar-refractivity contribution is 6.06. The average Bonchev–Trinajstić information content (AvgIpc) is 3.61. The third-order valence-corrected chi connectivity index (χ3v) is 8.83. The van der Waals surface area contributed by atoms with Crippen LogP contribution in [-0.4, -0.2) is 38.0 Å². The maximum Gasteiger partial charge on any atom is 0.328 e. The van der Waals surface area contributed by atoms with Crippen molar-refractivity contribution in [3.63, 3.8) is 0 Å². The molecule has 6 rings (SSSR count). The molecule has 2 aromatic heterocycles. The van der Waals surface area contributed by atoms with Gasteiger partial charge in [-0.1, -0.05) is 31.0 Å². The Bertz CT molecular complexity index is 1750. The van der Waals surface area contributed by atoms with Crippen LogP contribution in [-0.2, 0) is 16.6 Å². The van der Waals surface area contributed by atoms with Crippen LogP contribution in [0.3, 0.4) is 0 Å². The van der Waals surface area contributed by atoms with Crippen LogP contribution in [0.4, 0.5) is 10.1 Å². The molecule has 0 radical (unpaired) electrons. The number of nitrogens with one attached hydrogen (secondary N) is 2. The van der Waals surface area contributed by atoms with E-state index in [4.69, 9.17) is 5.11 Å². The summed E-state index contributed by atoms with van der Waals surface area (Å²) in [5, 5.41) is 15.5. The second-order valence-corrected chi connectivity index (χ2v) is 11.5. The second-order valence-electron chi connectivity index (χ2n) is 11.5. The number of fused-ring (bicyclic) bond motifs is 1. The number of carbonyl (C=O) groups excluding carboxylic acids is 2. The lowest BCUT2D eigenvalue weighted by molar-refractivity contribution is -0.131. The van der Waals surface area contributed by atoms with Gasteiger partial charge in [0.25, 0.3) is 5.91 Å². The predicted octanol–water partition coefficient (Wildman–Crippen LogP) is 6.43. The Balaban J connectivity index is 1.26. The number of carboxylic acids is 1. The van der Waals surface area contributed by atoms with E-state index in [-0.39, 0.29) is 11.6 Å². The van der Waals surface area contributed by atoms with E-state index in [1.54, 1.807) is 6.20 Å². The molecule has 43 heavy (non-hydrogen) atoms. The highest BCUT2D eigenvalue weighted by Gasteiger charge is 2.46. The summed E-state index contributed by atoms with van der Waals surface area (Å²) in [6, 6.07) is 15.6. The van der Waals surface area contributed by atoms with Crippen molar-refractivity contribution in [1.29, 1.82) is 0 Å². The number of hydrogen-bond acceptors (Lipinski definition) is 4. The van der Waals surface area contributed by atoms with Crippen molar-refractivity contribution in [2.75, 3.05) is 5.32 Å². The van der Waals surface area contributed by atoms with E-state index >= 15 is 0 Å². The number of anilines is 1. The summed E-state index contributed by atoms with van der Waals surface area (Å²) in [5.74, 6) is -2.26. The second kappa shape index (κ2) is 11.5. The molecule has 0 bridgehead atoms. The molecule has 4 aromatic rings. The number of carbonyl (C=O) groups is 3. The number of carboxylic acid groups (broad SMARTS) is 1. The van der Waals surface area contributed by atoms with Gasteiger partial charge in [0.1, 0.15) is 11.4 Å². The summed E-state index contributed by atoms with van der Waals surface area (Å²) in [5.41, 5.74) is 3.79. The molecule has 220 valence electrons. The predicted molar refractivity (Wildman–Crippen MR) is 163 cm³/mol. The average molecular weight is 581 g/mol. The molecule has 0 spiro atoms. The Morgan fingerprint density at radius 2 is 1.84 bits per heavy atom. The van der Waals surface area contributed by atoms with E-state index in [1.807, 2.05) is 43.4 Å². The van der Waals surface area contributed by atoms with E-state index < -0.39 is 23.2 Å². The Morgan fingerprint density at radius 3 is 2.49 bits per heavy atom. The number of aromatic nitrogens is 2. The Hall–Kier alpha value is -4.79. The van der Waals surface area contributed by atoms with E-state index in [2.05, 4.69) is 20.2 Å². The number of hydrogen-bond donors (Lipinski definition) is 3. The third-order valence-electron chi connectivity index (χ3n) is 8.83. The van der Waals surface area contributed by atoms with Gasteiger partial charge in [-0.2, -0.15) is 0 Å². The molecule has 0 atom stereocenters. The first-order chi connectivity index (χ1) is 20.8. The summed E-state index contributed by atoms with van der Waals surface area (Å²) >= 11 is 0. The maximum absolute atomic E-state index is 14.7. The Kier molecular flexibility index (Phi) is 7.56. The molecular weight excluding hydrogens is 547 g/mol. The number of halogens is 1. The van der Waals surface area contributed by atoms with Crippen LogP contribution >= 0.6 is 0 Å². The van der Waals surface area contributed by atoms with Gasteiger partial charge in [0.15, 0.2) is 0 Å². The minimum absolute atomic E-state index is 0.0373. The minimum Gasteiger partial charge on any atom is -0.478 e. The zero-order valence-electron chi connectivity index (χ0n) is 23.9. The van der Waals surface area contributed by atoms with Gasteiger partial charge in [-0.3, -0.25) is 14.6 Å². The van der Waals surface area contributed by atoms with Crippen LogP contribution in [0, 0.1) is 5.82 Å². The monoisotopic (exact) mass is 580 g/mol. The van der Waals surface area contributed by atoms with Crippen LogP contribution in [0.25, 0.3) is 28.4 Å². The van der Waals surface area contributed by atoms with Crippen LogP contribution in [0.15, 0.2) is 66.9 Å². The number of aryl methyl sites for hydroxylation is 1. The van der Waals surface area contributed by atoms with Gasteiger partial charge in [0.2, 0.25) is 5.91 Å². The van der Waals surface area contributed by atoms with Gasteiger partial charge in [-0.25, -0.2) is 9.18 Å². The SMILES string of the molecule is Cn1c(-c2ccccn2)c(C2CCCC2)c2ccc(C(=O)NC3(C(=O)Nc4ccc(/C=C/C(=O)O)cc4F)CCC3)cc21. The van der Waals surface area contributed by atoms with E-state index in [0.29, 0.717) is 29.9 Å². The van der Waals surface area contributed by atoms with Crippen LogP contribution in [0.5, 0.6) is 0 Å². The van der Waals surface area contributed by atoms with Gasteiger partial charge in [0, 0.05) is 35.8 Å². The highest BCUT2D eigenvalue weighted by Crippen LogP contribution is 2.44. The summed E-state index contributed by atoms with van der Waals surface area (Å²) < 4.78 is 16.9. The van der Waals surface area contributed by atoms with Crippen molar-refractivity contribution < 1.29 is 23.9 Å². The zero-order valence-corrected chi connectivity index (χ0v) is 23.9. The quantitative estimate of drug-likeness (QED) is 0.208. The molecule has 8 nitrogen and oxygen atoms in total. The smallest absolute Gasteiger partial charge is 0.328 e. The first kappa shape index (κ1) is 28.3. The molecule has 2 aromatic carbocycles. The standard InChI is InChI=1S/C34H33FN4O4/c1-39-28-20-23(12-13-24(28)30(22-7-2-3-8-22)31(39)27-9-4-5-18-36-27)32(42)38-34(16-6-17-34)33(43)37-26-14-10-21(19-25(26)35)11-15-29(40)41/h4-5,9-15,18-20,22H,2-3,6-8,16-17H2,1H3,(H,37,43)(H,38,42)(H,40,41)/b15-11+. The van der Waals surface area contributed by atoms with Crippen LogP contribution < -0.4 is 10.6 Å². The molecule has 0 aliphatic heterocycles. The molecule has 3 N–H and O–H groups in total. The zero-order chi connectivity index (χ0) is 30.1. The molecule has 2 heterocycles. The lowest BCUT2D eigenvalue weighted by atomic mass is 9.75. The first-order valence-corrected chi connectivity index (χ1v) is 14.6. The fraction of sp³-hybridized carbons (Fsp3) is 0.294. The largest absolute Gasteiger partial charge is 0.478 e. The Labute approximate surface area is 248 Å². The van der Waals surface area contributed by atoms with Crippen molar-refractivity contribution in [1.82, 2.24) is 14.9 Å². The molecule has 2 amide bonds. The van der Waals surface area contributed by atoms with Gasteiger partial charge in [0.05, 0.1) is 17.1 Å². The maximum atomic E-state index is 14.7. The molecule has 0 unspecified atom stereocenters. The first-order valence-electron chi connectivity index (χ1n) is 14.6. The minimum atomic E-state index is -1.15. The van der Waals surface area contributed by atoms with Crippen molar-refractivity contribution in [3.8, 4) is 11.4 Å². The molecule has 9 heteroatoms. The molecule has 2 saturated carbocycles. The summed E-state index contributed by atoms with van der Waals surface area (Å²) in [4.78, 5) is 42.3. The third kappa shape index (κ3) is 5.43. The van der Waals surface area contributed by atoms with E-state index in [9.17, 15) is 18.8 Å². The number of rotatable bonds is 8. The summed E-state index contributed by atoms with van der Waals surface area (Å²) in [7, 11) is 2.00. The summed E-state index contributed by atoms with van der Waals surface area (Å²) in [6.07, 6.45) is 10.3. The van der Waals surface area contributed by atoms with Crippen molar-refractivity contribution >= 4 is 40.4 Å². The van der Waals surface area contributed by atoms with Crippen molar-refractivity contribution in [2.24, 2.45) is 7.05 Å². The fourth-order valence-electron chi connectivity index (χ4n) is 6.42. The van der Waals surface area contributed by atoms with E-state index in [0.717, 1.165) is 53.7 Å². The van der Waals surface area contributed by atoms with Gasteiger partial charge >= 0.3 is 5.97 Å². The van der Waals surface area contributed by atoms with Gasteiger partial charge in [-0.15, -0.1) is 0 Å². The Morgan fingerprint density at radius 1 is 1.05 bits per heavy atom. The highest BCUT2D eigenvalue weighted by atomic mass is 19.1. The fourth-order valence-corrected chi connectivity index (χ4v) is 6.42. The number of nitrogens with zero attached hydrogens (tertiary/aromatic N) is 2. The number of benzene rings is 2. The summed E-state index contributed by atoms with van der Waals surface area (Å²) in [6.45, 7) is 0. The molecule has 0 saturated heterocycles. The topological polar surface area (TPSA) is 113 Å². The normalized spacial score (nSPS) is 16.3. The van der Waals surface area contributed by atoms with Crippen LogP contribution in [0.2, 0.25) is 0 Å². The lowest BCUT2D eigenvalue weighted by Crippen LogP contribution is -2.61. The van der Waals surface area contributed by atoms with Crippen LogP contribution in [0.1, 0.15) is 72.3 Å². The number of aliphatic carboxylic acids is 1. The van der Waals surface area contributed by atoms with Crippen molar-refractivity contribution in [3.05, 3.63) is 89.4 Å². The molecule has 2 aliphatic carbocycles. The van der Waals surface area contributed by atoms with Gasteiger partial charge in [-0.05, 0) is 91.6 Å². The number of amides is 2. The van der Waals surface area contributed by atoms with Gasteiger partial charge < -0.3 is 20.3 Å². The number of pyridine rings is 1. The molecule has 2 aliphatic rings. The van der Waals surface area contributed by atoms with Crippen molar-refractivity contribution in [2.45, 2.75) is 56.4 Å². The lowest BCUT2D eigenvalue weighted by Gasteiger charge is -2.40.